The third kappa shape index (κ3) is 3.83. The van der Waals surface area contributed by atoms with Gasteiger partial charge in [-0.1, -0.05) is 50.7 Å². The topological polar surface area (TPSA) is 84.9 Å². The predicted octanol–water partition coefficient (Wildman–Crippen LogP) is 4.10. The minimum atomic E-state index is -1.15. The summed E-state index contributed by atoms with van der Waals surface area (Å²) in [5, 5.41) is 2.77. The summed E-state index contributed by atoms with van der Waals surface area (Å²) in [4.78, 5) is 39.4. The Balaban J connectivity index is 1.46. The molecule has 0 aliphatic carbocycles. The van der Waals surface area contributed by atoms with Crippen LogP contribution in [0.3, 0.4) is 0 Å². The van der Waals surface area contributed by atoms with Gasteiger partial charge >= 0.3 is 5.97 Å². The van der Waals surface area contributed by atoms with Crippen molar-refractivity contribution in [3.8, 4) is 5.75 Å². The Bertz CT molecular complexity index is 1090. The fourth-order valence-corrected chi connectivity index (χ4v) is 5.39. The fraction of sp³-hybridized carbons (Fsp3) is 0.375. The molecule has 0 radical (unpaired) electrons. The quantitative estimate of drug-likeness (QED) is 0.685. The molecule has 2 aliphatic rings. The Morgan fingerprint density at radius 1 is 1.19 bits per heavy atom. The summed E-state index contributed by atoms with van der Waals surface area (Å²) in [6.07, 6.45) is 0.604. The number of carbonyl (C=O) groups is 3. The third-order valence-electron chi connectivity index (χ3n) is 5.67. The summed E-state index contributed by atoms with van der Waals surface area (Å²) in [7, 11) is 1.53. The van der Waals surface area contributed by atoms with Crippen LogP contribution in [0.25, 0.3) is 0 Å². The average Bonchev–Trinajstić information content (AvgIpc) is 3.27. The number of carbonyl (C=O) groups excluding carboxylic acids is 3. The summed E-state index contributed by atoms with van der Waals surface area (Å²) in [5.74, 6) is -0.663. The van der Waals surface area contributed by atoms with Gasteiger partial charge in [-0.05, 0) is 35.2 Å². The summed E-state index contributed by atoms with van der Waals surface area (Å²) < 4.78 is 10.8. The molecule has 2 aromatic rings. The maximum atomic E-state index is 13.1. The average molecular weight is 455 g/mol. The molecular formula is C24H26N2O5S. The van der Waals surface area contributed by atoms with E-state index >= 15 is 0 Å². The van der Waals surface area contributed by atoms with Crippen LogP contribution in [0.2, 0.25) is 0 Å². The molecule has 1 unspecified atom stereocenters. The smallest absolute Gasteiger partial charge is 0.344 e. The number of ether oxygens (including phenoxy) is 2. The molecule has 1 N–H and O–H groups in total. The van der Waals surface area contributed by atoms with Crippen LogP contribution < -0.4 is 15.0 Å². The predicted molar refractivity (Wildman–Crippen MR) is 123 cm³/mol. The van der Waals surface area contributed by atoms with Gasteiger partial charge in [0.25, 0.3) is 5.91 Å². The number of anilines is 2. The molecule has 8 heteroatoms. The molecule has 7 nitrogen and oxygen atoms in total. The second-order valence-corrected chi connectivity index (χ2v) is 10.2. The van der Waals surface area contributed by atoms with Crippen LogP contribution in [0.5, 0.6) is 5.75 Å². The van der Waals surface area contributed by atoms with Crippen LogP contribution in [0, 0.1) is 0 Å². The molecule has 2 amide bonds. The van der Waals surface area contributed by atoms with Crippen molar-refractivity contribution in [1.82, 2.24) is 0 Å². The van der Waals surface area contributed by atoms with Crippen molar-refractivity contribution >= 4 is 40.9 Å². The van der Waals surface area contributed by atoms with E-state index in [1.807, 2.05) is 36.4 Å². The molecule has 1 saturated heterocycles. The molecule has 0 saturated carbocycles. The maximum Gasteiger partial charge on any atom is 0.344 e. The third-order valence-corrected chi connectivity index (χ3v) is 7.12. The highest BCUT2D eigenvalue weighted by atomic mass is 32.2. The number of hydrogen-bond donors (Lipinski definition) is 1. The second kappa shape index (κ2) is 8.16. The number of esters is 1. The van der Waals surface area contributed by atoms with Crippen molar-refractivity contribution in [3.05, 3.63) is 48.0 Å². The van der Waals surface area contributed by atoms with Crippen LogP contribution in [0.15, 0.2) is 47.4 Å². The first kappa shape index (κ1) is 22.2. The highest BCUT2D eigenvalue weighted by Gasteiger charge is 2.58. The SMILES string of the molecule is COc1ccc(C(C)(C)C)cc1NC(=O)COC(=O)C12CCC(=O)N1c1ccccc1S2. The summed E-state index contributed by atoms with van der Waals surface area (Å²) in [6.45, 7) is 5.77. The van der Waals surface area contributed by atoms with Crippen LogP contribution >= 0.6 is 11.8 Å². The first-order chi connectivity index (χ1) is 15.2. The molecule has 0 aromatic heterocycles. The maximum absolute atomic E-state index is 13.1. The lowest BCUT2D eigenvalue weighted by molar-refractivity contribution is -0.149. The summed E-state index contributed by atoms with van der Waals surface area (Å²) in [6, 6.07) is 13.0. The van der Waals surface area contributed by atoms with Crippen LogP contribution in [0.1, 0.15) is 39.2 Å². The lowest BCUT2D eigenvalue weighted by Crippen LogP contribution is -2.48. The monoisotopic (exact) mass is 454 g/mol. The van der Waals surface area contributed by atoms with E-state index in [0.717, 1.165) is 10.5 Å². The molecule has 1 atom stereocenters. The summed E-state index contributed by atoms with van der Waals surface area (Å²) in [5.41, 5.74) is 2.15. The highest BCUT2D eigenvalue weighted by Crippen LogP contribution is 2.56. The number of fused-ring (bicyclic) bond motifs is 3. The normalized spacial score (nSPS) is 19.4. The molecule has 4 rings (SSSR count). The van der Waals surface area contributed by atoms with Gasteiger partial charge in [0.15, 0.2) is 11.5 Å². The van der Waals surface area contributed by atoms with E-state index in [2.05, 4.69) is 26.1 Å². The number of para-hydroxylation sites is 1. The standard InChI is InChI=1S/C24H26N2O5S/c1-23(2,3)15-9-10-18(30-4)16(13-15)25-20(27)14-31-22(29)24-12-11-21(28)26(24)17-7-5-6-8-19(17)32-24/h5-10,13H,11-12,14H2,1-4H3,(H,25,27). The van der Waals surface area contributed by atoms with E-state index in [4.69, 9.17) is 9.47 Å². The van der Waals surface area contributed by atoms with Crippen molar-refractivity contribution in [2.75, 3.05) is 23.9 Å². The highest BCUT2D eigenvalue weighted by molar-refractivity contribution is 8.02. The molecule has 2 aromatic carbocycles. The van der Waals surface area contributed by atoms with Crippen molar-refractivity contribution in [1.29, 1.82) is 0 Å². The lowest BCUT2D eigenvalue weighted by Gasteiger charge is -2.28. The van der Waals surface area contributed by atoms with E-state index < -0.39 is 23.4 Å². The zero-order chi connectivity index (χ0) is 23.1. The van der Waals surface area contributed by atoms with Gasteiger partial charge in [-0.2, -0.15) is 0 Å². The van der Waals surface area contributed by atoms with Crippen molar-refractivity contribution in [3.63, 3.8) is 0 Å². The first-order valence-electron chi connectivity index (χ1n) is 10.4. The number of rotatable bonds is 5. The van der Waals surface area contributed by atoms with E-state index in [-0.39, 0.29) is 17.7 Å². The second-order valence-electron chi connectivity index (χ2n) is 8.87. The molecule has 2 aliphatic heterocycles. The van der Waals surface area contributed by atoms with Crippen LogP contribution in [0.4, 0.5) is 11.4 Å². The number of amides is 2. The Kier molecular flexibility index (Phi) is 5.67. The first-order valence-corrected chi connectivity index (χ1v) is 11.2. The largest absolute Gasteiger partial charge is 0.495 e. The Morgan fingerprint density at radius 2 is 1.94 bits per heavy atom. The van der Waals surface area contributed by atoms with Gasteiger partial charge in [0.05, 0.1) is 18.5 Å². The van der Waals surface area contributed by atoms with Crippen molar-refractivity contribution in [2.45, 2.75) is 48.8 Å². The number of nitrogens with one attached hydrogen (secondary N) is 1. The Labute approximate surface area is 191 Å². The molecule has 1 fully saturated rings. The van der Waals surface area contributed by atoms with Gasteiger partial charge < -0.3 is 14.8 Å². The number of hydrogen-bond acceptors (Lipinski definition) is 6. The Hall–Kier alpha value is -3.00. The zero-order valence-corrected chi connectivity index (χ0v) is 19.4. The van der Waals surface area contributed by atoms with Crippen LogP contribution in [-0.2, 0) is 24.5 Å². The number of methoxy groups -OCH3 is 1. The van der Waals surface area contributed by atoms with Crippen molar-refractivity contribution in [2.24, 2.45) is 0 Å². The zero-order valence-electron chi connectivity index (χ0n) is 18.6. The molecular weight excluding hydrogens is 428 g/mol. The van der Waals surface area contributed by atoms with E-state index in [0.29, 0.717) is 23.5 Å². The molecule has 32 heavy (non-hydrogen) atoms. The fourth-order valence-electron chi connectivity index (χ4n) is 3.97. The number of nitrogens with zero attached hydrogens (tertiary/aromatic N) is 1. The van der Waals surface area contributed by atoms with Gasteiger partial charge in [-0.15, -0.1) is 0 Å². The van der Waals surface area contributed by atoms with E-state index in [1.165, 1.54) is 23.8 Å². The van der Waals surface area contributed by atoms with Gasteiger partial charge in [-0.3, -0.25) is 14.5 Å². The number of thioether (sulfide) groups is 1. The molecule has 168 valence electrons. The molecule has 0 bridgehead atoms. The minimum Gasteiger partial charge on any atom is -0.495 e. The molecule has 2 heterocycles. The van der Waals surface area contributed by atoms with E-state index in [9.17, 15) is 14.4 Å². The van der Waals surface area contributed by atoms with Gasteiger partial charge in [0.1, 0.15) is 5.75 Å². The van der Waals surface area contributed by atoms with E-state index in [1.54, 1.807) is 6.07 Å². The molecule has 0 spiro atoms. The van der Waals surface area contributed by atoms with Gasteiger partial charge in [0, 0.05) is 17.7 Å². The van der Waals surface area contributed by atoms with Crippen molar-refractivity contribution < 1.29 is 23.9 Å². The van der Waals surface area contributed by atoms with Gasteiger partial charge in [-0.25, -0.2) is 4.79 Å². The lowest BCUT2D eigenvalue weighted by atomic mass is 9.87. The number of benzene rings is 2. The minimum absolute atomic E-state index is 0.107. The van der Waals surface area contributed by atoms with Crippen LogP contribution in [-0.4, -0.2) is 36.4 Å². The Morgan fingerprint density at radius 3 is 2.66 bits per heavy atom. The summed E-state index contributed by atoms with van der Waals surface area (Å²) >= 11 is 1.31. The van der Waals surface area contributed by atoms with Gasteiger partial charge in [0.2, 0.25) is 5.91 Å².